The third-order valence-electron chi connectivity index (χ3n) is 13.4. The largest absolute Gasteiger partial charge is 0.455 e. The SMILES string of the molecule is C1=C(c2ccccc2)C[C@H](c2ccccc2)C=C1c1nc(-c2ccccc2)nc(-c2cc(-c3ccccc3)c(-n3c4ccccc4c4c5oc6ccccc6c5ccc43)c(-c3ccccc3)c2)n1. The van der Waals surface area contributed by atoms with E-state index in [1.54, 1.807) is 0 Å². The minimum Gasteiger partial charge on any atom is -0.455 e. The molecule has 0 radical (unpaired) electrons. The van der Waals surface area contributed by atoms with Crippen LogP contribution >= 0.6 is 0 Å². The van der Waals surface area contributed by atoms with E-state index in [2.05, 4.69) is 217 Å². The third kappa shape index (κ3) is 6.83. The molecule has 1 aliphatic rings. The van der Waals surface area contributed by atoms with Crippen molar-refractivity contribution in [2.45, 2.75) is 12.3 Å². The highest BCUT2D eigenvalue weighted by Gasteiger charge is 2.26. The lowest BCUT2D eigenvalue weighted by atomic mass is 9.83. The van der Waals surface area contributed by atoms with Crippen LogP contribution in [-0.2, 0) is 0 Å². The van der Waals surface area contributed by atoms with Gasteiger partial charge in [-0.1, -0.05) is 194 Å². The van der Waals surface area contributed by atoms with Gasteiger partial charge in [-0.15, -0.1) is 0 Å². The van der Waals surface area contributed by atoms with Crippen LogP contribution in [0.4, 0.5) is 0 Å². The van der Waals surface area contributed by atoms with Crippen LogP contribution < -0.4 is 0 Å². The second-order valence-corrected chi connectivity index (χ2v) is 17.5. The Balaban J connectivity index is 1.10. The number of hydrogen-bond acceptors (Lipinski definition) is 4. The zero-order valence-electron chi connectivity index (χ0n) is 37.0. The normalized spacial score (nSPS) is 13.9. The van der Waals surface area contributed by atoms with Gasteiger partial charge in [-0.25, -0.2) is 15.0 Å². The number of hydrogen-bond donors (Lipinski definition) is 0. The molecule has 0 amide bonds. The number of aromatic nitrogens is 4. The van der Waals surface area contributed by atoms with Crippen LogP contribution in [0.1, 0.15) is 29.3 Å². The molecule has 0 N–H and O–H groups in total. The fourth-order valence-electron chi connectivity index (χ4n) is 10.2. The van der Waals surface area contributed by atoms with Gasteiger partial charge in [-0.2, -0.15) is 0 Å². The lowest BCUT2D eigenvalue weighted by molar-refractivity contribution is 0.673. The molecule has 0 unspecified atom stereocenters. The van der Waals surface area contributed by atoms with Crippen molar-refractivity contribution in [3.05, 3.63) is 254 Å². The van der Waals surface area contributed by atoms with E-state index in [9.17, 15) is 0 Å². The highest BCUT2D eigenvalue weighted by Crippen LogP contribution is 2.46. The summed E-state index contributed by atoms with van der Waals surface area (Å²) in [5, 5.41) is 4.43. The minimum atomic E-state index is 0.132. The zero-order valence-corrected chi connectivity index (χ0v) is 37.0. The van der Waals surface area contributed by atoms with E-state index in [1.165, 1.54) is 16.7 Å². The highest BCUT2D eigenvalue weighted by molar-refractivity contribution is 6.24. The van der Waals surface area contributed by atoms with E-state index < -0.39 is 0 Å². The summed E-state index contributed by atoms with van der Waals surface area (Å²) in [6.07, 6.45) is 5.48. The Bertz CT molecular complexity index is 3850. The van der Waals surface area contributed by atoms with Crippen LogP contribution in [0, 0.1) is 0 Å². The van der Waals surface area contributed by atoms with Crippen molar-refractivity contribution >= 4 is 54.9 Å². The fraction of sp³-hybridized carbons (Fsp3) is 0.0317. The number of nitrogens with zero attached hydrogens (tertiary/aromatic N) is 4. The van der Waals surface area contributed by atoms with Crippen molar-refractivity contribution in [1.29, 1.82) is 0 Å². The smallest absolute Gasteiger partial charge is 0.164 e. The van der Waals surface area contributed by atoms with Crippen molar-refractivity contribution in [3.63, 3.8) is 0 Å². The van der Waals surface area contributed by atoms with Crippen molar-refractivity contribution < 1.29 is 4.42 Å². The first-order valence-corrected chi connectivity index (χ1v) is 23.2. The number of furan rings is 1. The Hall–Kier alpha value is -8.93. The van der Waals surface area contributed by atoms with E-state index in [4.69, 9.17) is 19.4 Å². The van der Waals surface area contributed by atoms with Crippen molar-refractivity contribution in [2.24, 2.45) is 0 Å². The number of rotatable bonds is 8. The van der Waals surface area contributed by atoms with Gasteiger partial charge in [0.25, 0.3) is 0 Å². The number of allylic oxidation sites excluding steroid dienone is 4. The summed E-state index contributed by atoms with van der Waals surface area (Å²) >= 11 is 0. The molecular formula is C63H42N4O. The van der Waals surface area contributed by atoms with Crippen LogP contribution in [0.15, 0.2) is 241 Å². The first-order chi connectivity index (χ1) is 33.7. The van der Waals surface area contributed by atoms with Crippen molar-refractivity contribution in [2.75, 3.05) is 0 Å². The van der Waals surface area contributed by atoms with Crippen LogP contribution in [0.3, 0.4) is 0 Å². The van der Waals surface area contributed by atoms with Crippen LogP contribution in [0.25, 0.3) is 106 Å². The summed E-state index contributed by atoms with van der Waals surface area (Å²) in [6.45, 7) is 0. The molecule has 0 fully saturated rings. The van der Waals surface area contributed by atoms with E-state index >= 15 is 0 Å². The topological polar surface area (TPSA) is 56.7 Å². The average molecular weight is 871 g/mol. The molecule has 0 saturated heterocycles. The molecule has 0 saturated carbocycles. The maximum Gasteiger partial charge on any atom is 0.164 e. The van der Waals surface area contributed by atoms with E-state index in [0.717, 1.165) is 94.8 Å². The van der Waals surface area contributed by atoms with Gasteiger partial charge in [0.2, 0.25) is 0 Å². The summed E-state index contributed by atoms with van der Waals surface area (Å²) in [4.78, 5) is 16.1. The molecule has 0 aliphatic heterocycles. The van der Waals surface area contributed by atoms with Gasteiger partial charge in [0, 0.05) is 49.9 Å². The van der Waals surface area contributed by atoms with Gasteiger partial charge in [-0.3, -0.25) is 0 Å². The van der Waals surface area contributed by atoms with E-state index in [0.29, 0.717) is 17.5 Å². The number of fused-ring (bicyclic) bond motifs is 7. The quantitative estimate of drug-likeness (QED) is 0.153. The Morgan fingerprint density at radius 1 is 0.426 bits per heavy atom. The van der Waals surface area contributed by atoms with E-state index in [1.807, 2.05) is 24.3 Å². The third-order valence-corrected chi connectivity index (χ3v) is 13.4. The average Bonchev–Trinajstić information content (AvgIpc) is 3.97. The second kappa shape index (κ2) is 16.5. The standard InChI is InChI=1S/C63H42N4O/c1-6-20-41(21-7-1)46-36-47(42-22-8-2-9-23-42)38-48(37-46)62-64-61(45-28-14-5-15-29-45)65-63(66-62)49-39-53(43-24-10-3-11-25-43)59(54(40-49)44-26-12-4-13-27-44)67-55-32-18-16-31-52(55)58-56(67)35-34-51-50-30-17-19-33-57(50)68-60(51)58/h1-35,37-40,46H,36H2/t46-/m0/s1. The summed E-state index contributed by atoms with van der Waals surface area (Å²) in [7, 11) is 0. The van der Waals surface area contributed by atoms with Crippen LogP contribution in [0.2, 0.25) is 0 Å². The molecule has 1 atom stereocenters. The number of para-hydroxylation sites is 2. The molecule has 5 nitrogen and oxygen atoms in total. The van der Waals surface area contributed by atoms with Crippen molar-refractivity contribution in [3.8, 4) is 50.7 Å². The molecule has 68 heavy (non-hydrogen) atoms. The molecule has 3 heterocycles. The van der Waals surface area contributed by atoms with E-state index in [-0.39, 0.29) is 5.92 Å². The monoisotopic (exact) mass is 870 g/mol. The minimum absolute atomic E-state index is 0.132. The molecular weight excluding hydrogens is 829 g/mol. The maximum absolute atomic E-state index is 6.76. The van der Waals surface area contributed by atoms with Crippen LogP contribution in [0.5, 0.6) is 0 Å². The second-order valence-electron chi connectivity index (χ2n) is 17.5. The zero-order chi connectivity index (χ0) is 45.0. The highest BCUT2D eigenvalue weighted by atomic mass is 16.3. The summed E-state index contributed by atoms with van der Waals surface area (Å²) in [5.74, 6) is 1.98. The predicted molar refractivity (Wildman–Crippen MR) is 279 cm³/mol. The molecule has 5 heteroatoms. The molecule has 0 bridgehead atoms. The molecule has 1 aliphatic carbocycles. The number of benzene rings is 9. The Labute approximate surface area is 393 Å². The van der Waals surface area contributed by atoms with Gasteiger partial charge in [-0.05, 0) is 76.7 Å². The van der Waals surface area contributed by atoms with Gasteiger partial charge in [0.1, 0.15) is 11.2 Å². The van der Waals surface area contributed by atoms with Gasteiger partial charge >= 0.3 is 0 Å². The van der Waals surface area contributed by atoms with Gasteiger partial charge < -0.3 is 8.98 Å². The Kier molecular flexibility index (Phi) is 9.57. The molecule has 3 aromatic heterocycles. The first kappa shape index (κ1) is 39.4. The molecule has 0 spiro atoms. The Morgan fingerprint density at radius 3 is 1.62 bits per heavy atom. The Morgan fingerprint density at radius 2 is 0.956 bits per heavy atom. The molecule has 9 aromatic carbocycles. The summed E-state index contributed by atoms with van der Waals surface area (Å²) < 4.78 is 9.19. The van der Waals surface area contributed by atoms with Crippen molar-refractivity contribution in [1.82, 2.24) is 19.5 Å². The summed E-state index contributed by atoms with van der Waals surface area (Å²) in [6, 6.07) is 79.1. The van der Waals surface area contributed by atoms with Crippen LogP contribution in [-0.4, -0.2) is 19.5 Å². The maximum atomic E-state index is 6.76. The lowest BCUT2D eigenvalue weighted by Gasteiger charge is -2.23. The van der Waals surface area contributed by atoms with Gasteiger partial charge in [0.05, 0.1) is 22.1 Å². The summed E-state index contributed by atoms with van der Waals surface area (Å²) in [5.41, 5.74) is 15.7. The van der Waals surface area contributed by atoms with Gasteiger partial charge in [0.15, 0.2) is 17.5 Å². The molecule has 320 valence electrons. The molecule has 12 aromatic rings. The lowest BCUT2D eigenvalue weighted by Crippen LogP contribution is -2.08. The molecule has 13 rings (SSSR count). The first-order valence-electron chi connectivity index (χ1n) is 23.2. The fourth-order valence-corrected chi connectivity index (χ4v) is 10.2. The predicted octanol–water partition coefficient (Wildman–Crippen LogP) is 16.2.